The van der Waals surface area contributed by atoms with E-state index in [0.29, 0.717) is 10.2 Å². The maximum atomic E-state index is 13.9. The molecule has 3 aromatic rings. The van der Waals surface area contributed by atoms with Gasteiger partial charge >= 0.3 is 0 Å². The zero-order valence-corrected chi connectivity index (χ0v) is 24.5. The third-order valence-corrected chi connectivity index (χ3v) is 8.76. The van der Waals surface area contributed by atoms with E-state index in [4.69, 9.17) is 0 Å². The first kappa shape index (κ1) is 29.4. The summed E-state index contributed by atoms with van der Waals surface area (Å²) in [6, 6.07) is 21.5. The number of carbonyl (C=O) groups is 2. The van der Waals surface area contributed by atoms with Crippen LogP contribution in [0.1, 0.15) is 38.3 Å². The molecule has 2 amide bonds. The van der Waals surface area contributed by atoms with E-state index in [1.807, 2.05) is 45.0 Å². The second-order valence-corrected chi connectivity index (χ2v) is 12.0. The van der Waals surface area contributed by atoms with Crippen molar-refractivity contribution in [3.63, 3.8) is 0 Å². The number of hydrogen-bond donors (Lipinski definition) is 1. The van der Waals surface area contributed by atoms with E-state index in [2.05, 4.69) is 21.2 Å². The smallest absolute Gasteiger partial charge is 0.264 e. The van der Waals surface area contributed by atoms with Gasteiger partial charge in [0.1, 0.15) is 12.6 Å². The van der Waals surface area contributed by atoms with Crippen LogP contribution in [-0.2, 0) is 26.2 Å². The van der Waals surface area contributed by atoms with Crippen molar-refractivity contribution < 1.29 is 18.0 Å². The number of nitrogens with one attached hydrogen (secondary N) is 1. The lowest BCUT2D eigenvalue weighted by atomic mass is 10.1. The van der Waals surface area contributed by atoms with Gasteiger partial charge in [0.15, 0.2) is 0 Å². The molecular formula is C29H34BrN3O4S. The molecule has 0 saturated heterocycles. The minimum absolute atomic E-state index is 0.0583. The van der Waals surface area contributed by atoms with Gasteiger partial charge in [-0.3, -0.25) is 13.9 Å². The maximum Gasteiger partial charge on any atom is 0.264 e. The summed E-state index contributed by atoms with van der Waals surface area (Å²) in [5.41, 5.74) is 2.19. The van der Waals surface area contributed by atoms with Gasteiger partial charge in [0, 0.05) is 17.1 Å². The van der Waals surface area contributed by atoms with Gasteiger partial charge in [0.05, 0.1) is 10.6 Å². The van der Waals surface area contributed by atoms with Gasteiger partial charge in [-0.2, -0.15) is 0 Å². The molecule has 0 unspecified atom stereocenters. The van der Waals surface area contributed by atoms with E-state index in [1.165, 1.54) is 17.0 Å². The number of hydrogen-bond acceptors (Lipinski definition) is 4. The van der Waals surface area contributed by atoms with Crippen LogP contribution >= 0.6 is 15.9 Å². The molecule has 0 aliphatic carbocycles. The highest BCUT2D eigenvalue weighted by Crippen LogP contribution is 2.27. The first-order chi connectivity index (χ1) is 18.0. The van der Waals surface area contributed by atoms with Crippen LogP contribution in [-0.4, -0.2) is 43.8 Å². The summed E-state index contributed by atoms with van der Waals surface area (Å²) in [5.74, 6) is -0.777. The fourth-order valence-electron chi connectivity index (χ4n) is 3.90. The molecule has 0 aliphatic heterocycles. The summed E-state index contributed by atoms with van der Waals surface area (Å²) in [6.07, 6.45) is 0.746. The second-order valence-electron chi connectivity index (χ2n) is 9.25. The highest BCUT2D eigenvalue weighted by molar-refractivity contribution is 9.10. The molecule has 38 heavy (non-hydrogen) atoms. The Labute approximate surface area is 234 Å². The molecule has 2 atom stereocenters. The van der Waals surface area contributed by atoms with Crippen molar-refractivity contribution in [1.29, 1.82) is 0 Å². The molecule has 7 nitrogen and oxygen atoms in total. The number of rotatable bonds is 11. The summed E-state index contributed by atoms with van der Waals surface area (Å²) in [4.78, 5) is 28.6. The Morgan fingerprint density at radius 2 is 1.61 bits per heavy atom. The number of nitrogens with zero attached hydrogens (tertiary/aromatic N) is 2. The minimum atomic E-state index is -4.08. The van der Waals surface area contributed by atoms with Gasteiger partial charge in [0.25, 0.3) is 10.0 Å². The monoisotopic (exact) mass is 599 g/mol. The Kier molecular flexibility index (Phi) is 10.1. The third kappa shape index (κ3) is 7.23. The first-order valence-electron chi connectivity index (χ1n) is 12.5. The van der Waals surface area contributed by atoms with E-state index in [-0.39, 0.29) is 23.4 Å². The topological polar surface area (TPSA) is 86.8 Å². The molecular weight excluding hydrogens is 566 g/mol. The van der Waals surface area contributed by atoms with Crippen LogP contribution < -0.4 is 9.62 Å². The normalized spacial score (nSPS) is 12.9. The summed E-state index contributed by atoms with van der Waals surface area (Å²) < 4.78 is 29.3. The van der Waals surface area contributed by atoms with Crippen molar-refractivity contribution >= 4 is 43.5 Å². The molecule has 0 heterocycles. The molecule has 3 rings (SSSR count). The molecule has 0 radical (unpaired) electrons. The summed E-state index contributed by atoms with van der Waals surface area (Å²) >= 11 is 3.40. The summed E-state index contributed by atoms with van der Waals surface area (Å²) in [5, 5.41) is 2.94. The van der Waals surface area contributed by atoms with Crippen molar-refractivity contribution in [1.82, 2.24) is 10.2 Å². The Morgan fingerprint density at radius 3 is 2.24 bits per heavy atom. The van der Waals surface area contributed by atoms with Gasteiger partial charge in [-0.25, -0.2) is 8.42 Å². The van der Waals surface area contributed by atoms with E-state index >= 15 is 0 Å². The Bertz CT molecular complexity index is 1370. The number of sulfonamides is 1. The van der Waals surface area contributed by atoms with E-state index < -0.39 is 28.5 Å². The van der Waals surface area contributed by atoms with Gasteiger partial charge in [0.2, 0.25) is 11.8 Å². The number of anilines is 1. The zero-order chi connectivity index (χ0) is 27.9. The van der Waals surface area contributed by atoms with Crippen LogP contribution in [0.2, 0.25) is 0 Å². The number of aryl methyl sites for hydroxylation is 1. The number of benzene rings is 3. The molecule has 202 valence electrons. The zero-order valence-electron chi connectivity index (χ0n) is 22.1. The molecule has 0 aliphatic rings. The standard InChI is InChI=1S/C29H34BrN3O4S/c1-5-22(3)31-29(35)23(4)32(19-24-13-10-9-12-21(24)2)28(34)20-33(26-15-11-14-25(30)18-26)38(36,37)27-16-7-6-8-17-27/h6-18,22-23H,5,19-20H2,1-4H3,(H,31,35)/t22-,23-/m1/s1. The predicted molar refractivity (Wildman–Crippen MR) is 154 cm³/mol. The second kappa shape index (κ2) is 13.1. The van der Waals surface area contributed by atoms with E-state index in [0.717, 1.165) is 21.9 Å². The average Bonchev–Trinajstić information content (AvgIpc) is 2.91. The number of amides is 2. The van der Waals surface area contributed by atoms with Gasteiger partial charge in [-0.15, -0.1) is 0 Å². The minimum Gasteiger partial charge on any atom is -0.352 e. The van der Waals surface area contributed by atoms with Crippen LogP contribution in [0.5, 0.6) is 0 Å². The van der Waals surface area contributed by atoms with Crippen molar-refractivity contribution in [3.8, 4) is 0 Å². The van der Waals surface area contributed by atoms with Gasteiger partial charge in [-0.1, -0.05) is 71.4 Å². The highest BCUT2D eigenvalue weighted by atomic mass is 79.9. The van der Waals surface area contributed by atoms with Gasteiger partial charge < -0.3 is 10.2 Å². The molecule has 0 saturated carbocycles. The molecule has 3 aromatic carbocycles. The largest absolute Gasteiger partial charge is 0.352 e. The molecule has 0 fully saturated rings. The quantitative estimate of drug-likeness (QED) is 0.324. The van der Waals surface area contributed by atoms with Crippen molar-refractivity contribution in [2.75, 3.05) is 10.8 Å². The van der Waals surface area contributed by atoms with Crippen LogP contribution in [0, 0.1) is 6.92 Å². The SMILES string of the molecule is CC[C@@H](C)NC(=O)[C@@H](C)N(Cc1ccccc1C)C(=O)CN(c1cccc(Br)c1)S(=O)(=O)c1ccccc1. The number of halogens is 1. The average molecular weight is 601 g/mol. The Morgan fingerprint density at radius 1 is 0.947 bits per heavy atom. The van der Waals surface area contributed by atoms with Gasteiger partial charge in [-0.05, 0) is 68.7 Å². The Balaban J connectivity index is 2.03. The highest BCUT2D eigenvalue weighted by Gasteiger charge is 2.33. The van der Waals surface area contributed by atoms with Crippen LogP contribution in [0.15, 0.2) is 88.2 Å². The third-order valence-electron chi connectivity index (χ3n) is 6.48. The summed E-state index contributed by atoms with van der Waals surface area (Å²) in [6.45, 7) is 7.17. The van der Waals surface area contributed by atoms with Crippen LogP contribution in [0.25, 0.3) is 0 Å². The maximum absolute atomic E-state index is 13.9. The Hall–Kier alpha value is -3.17. The summed E-state index contributed by atoms with van der Waals surface area (Å²) in [7, 11) is -4.08. The van der Waals surface area contributed by atoms with Crippen molar-refractivity contribution in [2.45, 2.75) is 57.6 Å². The lowest BCUT2D eigenvalue weighted by Gasteiger charge is -2.32. The molecule has 1 N–H and O–H groups in total. The number of carbonyl (C=O) groups excluding carboxylic acids is 2. The fourth-order valence-corrected chi connectivity index (χ4v) is 5.71. The van der Waals surface area contributed by atoms with E-state index in [9.17, 15) is 18.0 Å². The van der Waals surface area contributed by atoms with E-state index in [1.54, 1.807) is 49.4 Å². The molecule has 0 spiro atoms. The molecule has 0 aromatic heterocycles. The first-order valence-corrected chi connectivity index (χ1v) is 14.8. The predicted octanol–water partition coefficient (Wildman–Crippen LogP) is 5.28. The van der Waals surface area contributed by atoms with Crippen molar-refractivity contribution in [2.24, 2.45) is 0 Å². The lowest BCUT2D eigenvalue weighted by molar-refractivity contribution is -0.139. The fraction of sp³-hybridized carbons (Fsp3) is 0.310. The molecule has 0 bridgehead atoms. The lowest BCUT2D eigenvalue weighted by Crippen LogP contribution is -2.52. The van der Waals surface area contributed by atoms with Crippen LogP contribution in [0.4, 0.5) is 5.69 Å². The van der Waals surface area contributed by atoms with Crippen molar-refractivity contribution in [3.05, 3.63) is 94.5 Å². The molecule has 9 heteroatoms. The van der Waals surface area contributed by atoms with Crippen LogP contribution in [0.3, 0.4) is 0 Å².